The number of Topliss-reactive ketones (excluding diaryl/α,β-unsaturated/α-hetero) is 2. The highest BCUT2D eigenvalue weighted by atomic mass is 16.5. The number of aliphatic hydroxyl groups excluding tert-OH is 2. The molecule has 0 saturated heterocycles. The first-order valence-corrected chi connectivity index (χ1v) is 11.7. The molecule has 0 spiro atoms. The molecule has 0 aliphatic heterocycles. The summed E-state index contributed by atoms with van der Waals surface area (Å²) in [6.07, 6.45) is 3.89. The van der Waals surface area contributed by atoms with Gasteiger partial charge in [0.15, 0.2) is 11.6 Å². The van der Waals surface area contributed by atoms with Gasteiger partial charge in [0.2, 0.25) is 0 Å². The number of aryl methyl sites for hydroxylation is 2. The molecule has 0 saturated carbocycles. The first-order chi connectivity index (χ1) is 16.0. The van der Waals surface area contributed by atoms with Crippen LogP contribution in [0, 0.1) is 0 Å². The molecular formula is C26H30N2O5. The largest absolute Gasteiger partial charge is 0.511 e. The molecular weight excluding hydrogens is 420 g/mol. The Hall–Kier alpha value is -3.06. The van der Waals surface area contributed by atoms with E-state index in [2.05, 4.69) is 10.1 Å². The number of allylic oxidation sites excluding steroid dienone is 2. The number of rotatable bonds is 8. The van der Waals surface area contributed by atoms with E-state index in [-0.39, 0.29) is 47.9 Å². The predicted octanol–water partition coefficient (Wildman–Crippen LogP) is 4.30. The number of nitrogens with zero attached hydrogens (tertiary/aromatic N) is 2. The molecule has 2 unspecified atom stereocenters. The summed E-state index contributed by atoms with van der Waals surface area (Å²) >= 11 is 0. The Morgan fingerprint density at radius 3 is 2.67 bits per heavy atom. The molecule has 7 nitrogen and oxygen atoms in total. The van der Waals surface area contributed by atoms with Gasteiger partial charge in [0.1, 0.15) is 11.5 Å². The van der Waals surface area contributed by atoms with E-state index in [0.29, 0.717) is 61.3 Å². The third-order valence-electron chi connectivity index (χ3n) is 6.54. The lowest BCUT2D eigenvalue weighted by molar-refractivity contribution is -0.116. The Labute approximate surface area is 193 Å². The third kappa shape index (κ3) is 4.98. The van der Waals surface area contributed by atoms with Crippen LogP contribution in [0.2, 0.25) is 0 Å². The molecule has 2 atom stereocenters. The molecule has 1 aromatic heterocycles. The molecule has 33 heavy (non-hydrogen) atoms. The van der Waals surface area contributed by atoms with Crippen molar-refractivity contribution < 1.29 is 24.3 Å². The standard InChI is InChI=1S/C26H30N2O5/c1-2-18(15-29)27-19(11-12-20-26-21(30)9-6-10-24(26)33-28-20)25-22(31)13-17(14-23(25)32)16-7-4-3-5-8-16/h3-5,7-8,17-18,29,31H,2,6,9-15H2,1H3. The Balaban J connectivity index is 1.62. The summed E-state index contributed by atoms with van der Waals surface area (Å²) in [5.41, 5.74) is 2.87. The van der Waals surface area contributed by atoms with Gasteiger partial charge in [-0.25, -0.2) is 0 Å². The molecule has 2 aliphatic rings. The average Bonchev–Trinajstić information content (AvgIpc) is 3.25. The molecule has 0 amide bonds. The summed E-state index contributed by atoms with van der Waals surface area (Å²) < 4.78 is 5.38. The van der Waals surface area contributed by atoms with Gasteiger partial charge in [0.05, 0.1) is 29.5 Å². The number of aromatic nitrogens is 1. The summed E-state index contributed by atoms with van der Waals surface area (Å²) in [5, 5.41) is 24.7. The fraction of sp³-hybridized carbons (Fsp3) is 0.462. The van der Waals surface area contributed by atoms with Gasteiger partial charge in [-0.2, -0.15) is 0 Å². The van der Waals surface area contributed by atoms with Crippen LogP contribution in [0.15, 0.2) is 51.2 Å². The van der Waals surface area contributed by atoms with Gasteiger partial charge < -0.3 is 14.7 Å². The quantitative estimate of drug-likeness (QED) is 0.580. The number of hydrogen-bond donors (Lipinski definition) is 2. The molecule has 0 fully saturated rings. The lowest BCUT2D eigenvalue weighted by Crippen LogP contribution is -2.26. The van der Waals surface area contributed by atoms with Crippen LogP contribution in [0.3, 0.4) is 0 Å². The summed E-state index contributed by atoms with van der Waals surface area (Å²) in [6.45, 7) is 1.77. The average molecular weight is 451 g/mol. The first kappa shape index (κ1) is 23.1. The predicted molar refractivity (Wildman–Crippen MR) is 124 cm³/mol. The number of aliphatic imine (C=N–C) groups is 1. The zero-order valence-electron chi connectivity index (χ0n) is 18.9. The van der Waals surface area contributed by atoms with Crippen LogP contribution in [0.5, 0.6) is 0 Å². The monoisotopic (exact) mass is 450 g/mol. The van der Waals surface area contributed by atoms with Crippen molar-refractivity contribution in [1.29, 1.82) is 0 Å². The molecule has 174 valence electrons. The minimum Gasteiger partial charge on any atom is -0.511 e. The molecule has 2 aliphatic carbocycles. The van der Waals surface area contributed by atoms with Crippen LogP contribution in [0.4, 0.5) is 0 Å². The zero-order chi connectivity index (χ0) is 23.4. The van der Waals surface area contributed by atoms with Crippen molar-refractivity contribution in [1.82, 2.24) is 5.16 Å². The maximum Gasteiger partial charge on any atom is 0.168 e. The molecule has 1 aromatic carbocycles. The van der Waals surface area contributed by atoms with Crippen molar-refractivity contribution in [2.45, 2.75) is 70.3 Å². The molecule has 0 bridgehead atoms. The van der Waals surface area contributed by atoms with Crippen molar-refractivity contribution in [2.75, 3.05) is 6.61 Å². The second kappa shape index (κ2) is 10.3. The second-order valence-electron chi connectivity index (χ2n) is 8.79. The number of benzene rings is 1. The van der Waals surface area contributed by atoms with Crippen LogP contribution in [-0.4, -0.2) is 45.3 Å². The maximum atomic E-state index is 13.2. The SMILES string of the molecule is CCC(CO)N=C(CCc1noc2c1C(=O)CCC2)C1=C(O)CC(c2ccccc2)CC1=O. The van der Waals surface area contributed by atoms with Crippen molar-refractivity contribution in [2.24, 2.45) is 4.99 Å². The maximum absolute atomic E-state index is 13.2. The number of carbonyl (C=O) groups is 2. The minimum absolute atomic E-state index is 0.0323. The van der Waals surface area contributed by atoms with E-state index < -0.39 is 0 Å². The second-order valence-corrected chi connectivity index (χ2v) is 8.79. The summed E-state index contributed by atoms with van der Waals surface area (Å²) in [7, 11) is 0. The van der Waals surface area contributed by atoms with Crippen molar-refractivity contribution in [3.8, 4) is 0 Å². The van der Waals surface area contributed by atoms with Crippen LogP contribution in [0.1, 0.15) is 78.7 Å². The van der Waals surface area contributed by atoms with Crippen LogP contribution in [-0.2, 0) is 17.6 Å². The molecule has 2 N–H and O–H groups in total. The fourth-order valence-electron chi connectivity index (χ4n) is 4.71. The molecule has 7 heteroatoms. The van der Waals surface area contributed by atoms with E-state index in [4.69, 9.17) is 4.52 Å². The topological polar surface area (TPSA) is 113 Å². The highest BCUT2D eigenvalue weighted by Crippen LogP contribution is 2.35. The van der Waals surface area contributed by atoms with Gasteiger partial charge in [-0.3, -0.25) is 14.6 Å². The fourth-order valence-corrected chi connectivity index (χ4v) is 4.71. The summed E-state index contributed by atoms with van der Waals surface area (Å²) in [5.74, 6) is 0.461. The van der Waals surface area contributed by atoms with Gasteiger partial charge in [-0.15, -0.1) is 0 Å². The Kier molecular flexibility index (Phi) is 7.18. The Morgan fingerprint density at radius 2 is 1.97 bits per heavy atom. The smallest absolute Gasteiger partial charge is 0.168 e. The van der Waals surface area contributed by atoms with Crippen molar-refractivity contribution >= 4 is 17.3 Å². The number of fused-ring (bicyclic) bond motifs is 1. The first-order valence-electron chi connectivity index (χ1n) is 11.7. The van der Waals surface area contributed by atoms with E-state index in [0.717, 1.165) is 12.0 Å². The normalized spacial score (nSPS) is 20.2. The molecule has 4 rings (SSSR count). The van der Waals surface area contributed by atoms with E-state index in [1.807, 2.05) is 37.3 Å². The van der Waals surface area contributed by atoms with E-state index in [1.165, 1.54) is 0 Å². The lowest BCUT2D eigenvalue weighted by Gasteiger charge is -2.25. The highest BCUT2D eigenvalue weighted by Gasteiger charge is 2.32. The Morgan fingerprint density at radius 1 is 1.18 bits per heavy atom. The van der Waals surface area contributed by atoms with E-state index >= 15 is 0 Å². The van der Waals surface area contributed by atoms with Crippen LogP contribution < -0.4 is 0 Å². The van der Waals surface area contributed by atoms with Crippen LogP contribution >= 0.6 is 0 Å². The van der Waals surface area contributed by atoms with E-state index in [1.54, 1.807) is 0 Å². The molecule has 1 heterocycles. The van der Waals surface area contributed by atoms with Gasteiger partial charge in [0.25, 0.3) is 0 Å². The van der Waals surface area contributed by atoms with Gasteiger partial charge in [-0.05, 0) is 37.2 Å². The van der Waals surface area contributed by atoms with Crippen LogP contribution in [0.25, 0.3) is 0 Å². The zero-order valence-corrected chi connectivity index (χ0v) is 18.9. The van der Waals surface area contributed by atoms with Gasteiger partial charge >= 0.3 is 0 Å². The summed E-state index contributed by atoms with van der Waals surface area (Å²) in [6, 6.07) is 9.34. The third-order valence-corrected chi connectivity index (χ3v) is 6.54. The number of hydrogen-bond acceptors (Lipinski definition) is 7. The van der Waals surface area contributed by atoms with Gasteiger partial charge in [0, 0.05) is 31.4 Å². The Bertz CT molecular complexity index is 1080. The lowest BCUT2D eigenvalue weighted by atomic mass is 9.80. The molecule has 0 radical (unpaired) electrons. The number of aliphatic hydroxyl groups is 2. The minimum atomic E-state index is -0.368. The molecule has 2 aromatic rings. The number of ketones is 2. The van der Waals surface area contributed by atoms with Gasteiger partial charge in [-0.1, -0.05) is 42.4 Å². The van der Waals surface area contributed by atoms with E-state index in [9.17, 15) is 19.8 Å². The van der Waals surface area contributed by atoms with Crippen molar-refractivity contribution in [3.63, 3.8) is 0 Å². The van der Waals surface area contributed by atoms with Crippen molar-refractivity contribution in [3.05, 3.63) is 64.2 Å². The summed E-state index contributed by atoms with van der Waals surface area (Å²) in [4.78, 5) is 30.2. The highest BCUT2D eigenvalue weighted by molar-refractivity contribution is 6.23. The number of carbonyl (C=O) groups excluding carboxylic acids is 2.